The number of amides is 1. The normalized spacial score (nSPS) is 11.4. The molecule has 1 N–H and O–H groups in total. The first-order valence-corrected chi connectivity index (χ1v) is 8.72. The number of hydrogen-bond acceptors (Lipinski definition) is 5. The molecule has 0 saturated heterocycles. The Morgan fingerprint density at radius 1 is 1.36 bits per heavy atom. The van der Waals surface area contributed by atoms with Gasteiger partial charge in [0.25, 0.3) is 0 Å². The van der Waals surface area contributed by atoms with Crippen LogP contribution in [0.5, 0.6) is 0 Å². The van der Waals surface area contributed by atoms with Gasteiger partial charge in [-0.2, -0.15) is 0 Å². The molecule has 1 amide bonds. The van der Waals surface area contributed by atoms with E-state index in [-0.39, 0.29) is 23.7 Å². The molecule has 1 aromatic heterocycles. The number of anilines is 1. The summed E-state index contributed by atoms with van der Waals surface area (Å²) in [5.74, 6) is 0.00751. The van der Waals surface area contributed by atoms with E-state index in [4.69, 9.17) is 16.1 Å². The monoisotopic (exact) mass is 342 g/mol. The van der Waals surface area contributed by atoms with Crippen LogP contribution in [0.2, 0.25) is 5.02 Å². The lowest BCUT2D eigenvalue weighted by molar-refractivity contribution is -0.115. The first-order chi connectivity index (χ1) is 10.3. The summed E-state index contributed by atoms with van der Waals surface area (Å²) in [6, 6.07) is 8.19. The summed E-state index contributed by atoms with van der Waals surface area (Å²) < 4.78 is 28.8. The number of carbonyl (C=O) groups excluding carboxylic acids is 1. The number of aryl methyl sites for hydroxylation is 1. The summed E-state index contributed by atoms with van der Waals surface area (Å²) >= 11 is 5.82. The predicted molar refractivity (Wildman–Crippen MR) is 83.4 cm³/mol. The van der Waals surface area contributed by atoms with E-state index in [1.54, 1.807) is 37.3 Å². The van der Waals surface area contributed by atoms with Crippen molar-refractivity contribution in [3.8, 4) is 0 Å². The van der Waals surface area contributed by atoms with E-state index in [0.717, 1.165) is 0 Å². The minimum atomic E-state index is -3.40. The molecule has 0 radical (unpaired) electrons. The standard InChI is InChI=1S/C14H15ClN2O4S/c1-10-7-13(17-21-10)16-14(18)5-6-22(19,20)9-11-3-2-4-12(15)8-11/h2-4,7-8H,5-6,9H2,1H3,(H,16,17,18). The highest BCUT2D eigenvalue weighted by atomic mass is 35.5. The predicted octanol–water partition coefficient (Wildman–Crippen LogP) is 2.58. The fraction of sp³-hybridized carbons (Fsp3) is 0.286. The first-order valence-electron chi connectivity index (χ1n) is 6.52. The summed E-state index contributed by atoms with van der Waals surface area (Å²) in [5, 5.41) is 6.56. The van der Waals surface area contributed by atoms with E-state index >= 15 is 0 Å². The van der Waals surface area contributed by atoms with Gasteiger partial charge in [-0.15, -0.1) is 0 Å². The molecular weight excluding hydrogens is 328 g/mol. The van der Waals surface area contributed by atoms with Crippen LogP contribution in [0.4, 0.5) is 5.82 Å². The van der Waals surface area contributed by atoms with E-state index < -0.39 is 15.7 Å². The third-order valence-corrected chi connectivity index (χ3v) is 4.65. The number of aromatic nitrogens is 1. The quantitative estimate of drug-likeness (QED) is 0.871. The van der Waals surface area contributed by atoms with E-state index in [2.05, 4.69) is 10.5 Å². The molecule has 2 rings (SSSR count). The van der Waals surface area contributed by atoms with Crippen molar-refractivity contribution in [1.29, 1.82) is 0 Å². The minimum Gasteiger partial charge on any atom is -0.360 e. The summed E-state index contributed by atoms with van der Waals surface area (Å²) in [6.07, 6.45) is -0.144. The van der Waals surface area contributed by atoms with Gasteiger partial charge in [0.2, 0.25) is 5.91 Å². The van der Waals surface area contributed by atoms with E-state index in [0.29, 0.717) is 16.3 Å². The second-order valence-corrected chi connectivity index (χ2v) is 7.46. The number of benzene rings is 1. The highest BCUT2D eigenvalue weighted by Gasteiger charge is 2.15. The van der Waals surface area contributed by atoms with E-state index in [1.165, 1.54) is 0 Å². The summed E-state index contributed by atoms with van der Waals surface area (Å²) in [5.41, 5.74) is 0.597. The number of hydrogen-bond donors (Lipinski definition) is 1. The fourth-order valence-electron chi connectivity index (χ4n) is 1.83. The number of nitrogens with zero attached hydrogens (tertiary/aromatic N) is 1. The third kappa shape index (κ3) is 5.16. The maximum absolute atomic E-state index is 12.0. The van der Waals surface area contributed by atoms with Gasteiger partial charge in [-0.05, 0) is 24.6 Å². The summed E-state index contributed by atoms with van der Waals surface area (Å²) in [7, 11) is -3.40. The van der Waals surface area contributed by atoms with Crippen molar-refractivity contribution in [3.05, 3.63) is 46.7 Å². The van der Waals surface area contributed by atoms with Gasteiger partial charge in [0.15, 0.2) is 15.7 Å². The Kier molecular flexibility index (Phi) is 5.20. The molecule has 0 aliphatic heterocycles. The molecule has 0 saturated carbocycles. The van der Waals surface area contributed by atoms with Gasteiger partial charge >= 0.3 is 0 Å². The summed E-state index contributed by atoms with van der Waals surface area (Å²) in [4.78, 5) is 11.7. The molecular formula is C14H15ClN2O4S. The number of halogens is 1. The van der Waals surface area contributed by atoms with Crippen LogP contribution < -0.4 is 5.32 Å². The molecule has 1 aromatic carbocycles. The van der Waals surface area contributed by atoms with Crippen LogP contribution in [0.15, 0.2) is 34.9 Å². The molecule has 0 aliphatic rings. The lowest BCUT2D eigenvalue weighted by Crippen LogP contribution is -2.18. The third-order valence-electron chi connectivity index (χ3n) is 2.81. The number of sulfone groups is 1. The smallest absolute Gasteiger partial charge is 0.226 e. The molecule has 0 fully saturated rings. The number of carbonyl (C=O) groups is 1. The topological polar surface area (TPSA) is 89.3 Å². The molecule has 6 nitrogen and oxygen atoms in total. The Morgan fingerprint density at radius 2 is 2.14 bits per heavy atom. The zero-order valence-electron chi connectivity index (χ0n) is 11.9. The molecule has 0 bridgehead atoms. The van der Waals surface area contributed by atoms with Gasteiger partial charge in [0.1, 0.15) is 5.76 Å². The average Bonchev–Trinajstić information content (AvgIpc) is 2.81. The number of rotatable bonds is 6. The van der Waals surface area contributed by atoms with Crippen molar-refractivity contribution in [3.63, 3.8) is 0 Å². The molecule has 1 heterocycles. The Hall–Kier alpha value is -1.86. The molecule has 8 heteroatoms. The highest BCUT2D eigenvalue weighted by molar-refractivity contribution is 7.90. The molecule has 2 aromatic rings. The van der Waals surface area contributed by atoms with Crippen LogP contribution >= 0.6 is 11.6 Å². The lowest BCUT2D eigenvalue weighted by atomic mass is 10.2. The van der Waals surface area contributed by atoms with Gasteiger partial charge < -0.3 is 9.84 Å². The Morgan fingerprint density at radius 3 is 2.77 bits per heavy atom. The van der Waals surface area contributed by atoms with Gasteiger partial charge in [-0.3, -0.25) is 4.79 Å². The second-order valence-electron chi connectivity index (χ2n) is 4.84. The maximum atomic E-state index is 12.0. The van der Waals surface area contributed by atoms with Crippen molar-refractivity contribution in [2.45, 2.75) is 19.1 Å². The molecule has 0 aliphatic carbocycles. The largest absolute Gasteiger partial charge is 0.360 e. The number of nitrogens with one attached hydrogen (secondary N) is 1. The van der Waals surface area contributed by atoms with Crippen molar-refractivity contribution in [2.75, 3.05) is 11.1 Å². The van der Waals surface area contributed by atoms with Crippen LogP contribution in [-0.2, 0) is 20.4 Å². The van der Waals surface area contributed by atoms with Crippen molar-refractivity contribution < 1.29 is 17.7 Å². The molecule has 118 valence electrons. The zero-order valence-corrected chi connectivity index (χ0v) is 13.4. The van der Waals surface area contributed by atoms with Crippen LogP contribution in [-0.4, -0.2) is 25.2 Å². The Labute approximate surface area is 133 Å². The van der Waals surface area contributed by atoms with Gasteiger partial charge in [0, 0.05) is 17.5 Å². The van der Waals surface area contributed by atoms with Gasteiger partial charge in [-0.1, -0.05) is 28.9 Å². The molecule has 0 spiro atoms. The molecule has 0 atom stereocenters. The summed E-state index contributed by atoms with van der Waals surface area (Å²) in [6.45, 7) is 1.69. The lowest BCUT2D eigenvalue weighted by Gasteiger charge is -2.05. The van der Waals surface area contributed by atoms with Crippen LogP contribution in [0, 0.1) is 6.92 Å². The van der Waals surface area contributed by atoms with E-state index in [1.807, 2.05) is 0 Å². The zero-order chi connectivity index (χ0) is 16.2. The Bertz CT molecular complexity index is 771. The van der Waals surface area contributed by atoms with E-state index in [9.17, 15) is 13.2 Å². The molecule has 0 unspecified atom stereocenters. The first kappa shape index (κ1) is 16.5. The highest BCUT2D eigenvalue weighted by Crippen LogP contribution is 2.14. The fourth-order valence-corrected chi connectivity index (χ4v) is 3.37. The van der Waals surface area contributed by atoms with Crippen molar-refractivity contribution >= 4 is 33.2 Å². The van der Waals surface area contributed by atoms with Crippen LogP contribution in [0.3, 0.4) is 0 Å². The molecule has 22 heavy (non-hydrogen) atoms. The Balaban J connectivity index is 1.88. The van der Waals surface area contributed by atoms with Crippen LogP contribution in [0.1, 0.15) is 17.7 Å². The average molecular weight is 343 g/mol. The SMILES string of the molecule is Cc1cc(NC(=O)CCS(=O)(=O)Cc2cccc(Cl)c2)no1. The van der Waals surface area contributed by atoms with Crippen LogP contribution in [0.25, 0.3) is 0 Å². The van der Waals surface area contributed by atoms with Gasteiger partial charge in [-0.25, -0.2) is 8.42 Å². The maximum Gasteiger partial charge on any atom is 0.226 e. The second kappa shape index (κ2) is 6.93. The van der Waals surface area contributed by atoms with Crippen molar-refractivity contribution in [1.82, 2.24) is 5.16 Å². The van der Waals surface area contributed by atoms with Crippen molar-refractivity contribution in [2.24, 2.45) is 0 Å². The van der Waals surface area contributed by atoms with Gasteiger partial charge in [0.05, 0.1) is 11.5 Å². The minimum absolute atomic E-state index is 0.144.